The Morgan fingerprint density at radius 2 is 2.21 bits per heavy atom. The average Bonchev–Trinajstić information content (AvgIpc) is 2.93. The molecule has 1 heterocycles. The van der Waals surface area contributed by atoms with E-state index in [1.807, 2.05) is 10.7 Å². The number of rotatable bonds is 1. The van der Waals surface area contributed by atoms with E-state index >= 15 is 0 Å². The number of hydrogen-bond donors (Lipinski definition) is 0. The summed E-state index contributed by atoms with van der Waals surface area (Å²) >= 11 is 3.17. The normalized spacial score (nSPS) is 16.4. The number of fused-ring (bicyclic) bond motifs is 1. The summed E-state index contributed by atoms with van der Waals surface area (Å²) in [6, 6.07) is 4.14. The van der Waals surface area contributed by atoms with Gasteiger partial charge in [0.05, 0.1) is 27.6 Å². The molecule has 1 aromatic carbocycles. The molecule has 3 rings (SSSR count). The van der Waals surface area contributed by atoms with Crippen LogP contribution in [0.5, 0.6) is 0 Å². The molecule has 2 nitrogen and oxygen atoms in total. The van der Waals surface area contributed by atoms with Crippen molar-refractivity contribution >= 4 is 26.8 Å². The molecule has 1 aromatic heterocycles. The van der Waals surface area contributed by atoms with Crippen LogP contribution in [0.1, 0.15) is 18.9 Å². The molecule has 0 saturated heterocycles. The molecule has 4 heteroatoms. The molecule has 0 aliphatic heterocycles. The lowest BCUT2D eigenvalue weighted by Gasteiger charge is -2.00. The molecule has 2 aromatic rings. The van der Waals surface area contributed by atoms with E-state index in [1.165, 1.54) is 0 Å². The second-order valence-electron chi connectivity index (χ2n) is 3.61. The first kappa shape index (κ1) is 8.41. The maximum absolute atomic E-state index is 13.6. The number of hydrogen-bond acceptors (Lipinski definition) is 1. The number of aromatic nitrogens is 2. The van der Waals surface area contributed by atoms with Crippen LogP contribution in [0.3, 0.4) is 0 Å². The van der Waals surface area contributed by atoms with Crippen molar-refractivity contribution in [1.82, 2.24) is 9.78 Å². The second-order valence-corrected chi connectivity index (χ2v) is 4.47. The minimum Gasteiger partial charge on any atom is -0.262 e. The summed E-state index contributed by atoms with van der Waals surface area (Å²) in [5.74, 6) is -0.214. The fourth-order valence-electron chi connectivity index (χ4n) is 1.67. The zero-order chi connectivity index (χ0) is 9.71. The number of benzene rings is 1. The predicted octanol–water partition coefficient (Wildman–Crippen LogP) is 3.27. The molecule has 72 valence electrons. The van der Waals surface area contributed by atoms with Crippen molar-refractivity contribution in [3.05, 3.63) is 28.6 Å². The monoisotopic (exact) mass is 254 g/mol. The van der Waals surface area contributed by atoms with Gasteiger partial charge in [0.25, 0.3) is 0 Å². The van der Waals surface area contributed by atoms with E-state index in [0.717, 1.165) is 18.4 Å². The third-order valence-corrected chi connectivity index (χ3v) is 3.17. The van der Waals surface area contributed by atoms with Gasteiger partial charge in [0.15, 0.2) is 0 Å². The quantitative estimate of drug-likeness (QED) is 0.764. The van der Waals surface area contributed by atoms with E-state index in [4.69, 9.17) is 0 Å². The largest absolute Gasteiger partial charge is 0.262 e. The predicted molar refractivity (Wildman–Crippen MR) is 55.7 cm³/mol. The molecule has 1 aliphatic rings. The SMILES string of the molecule is Fc1c(Br)ccc2c1cnn2C1CC1. The number of nitrogens with zero attached hydrogens (tertiary/aromatic N) is 2. The summed E-state index contributed by atoms with van der Waals surface area (Å²) in [7, 11) is 0. The summed E-state index contributed by atoms with van der Waals surface area (Å²) in [5.41, 5.74) is 0.896. The summed E-state index contributed by atoms with van der Waals surface area (Å²) in [5, 5.41) is 4.82. The highest BCUT2D eigenvalue weighted by Crippen LogP contribution is 2.37. The van der Waals surface area contributed by atoms with E-state index in [-0.39, 0.29) is 5.82 Å². The maximum atomic E-state index is 13.6. The summed E-state index contributed by atoms with van der Waals surface area (Å²) < 4.78 is 16.0. The lowest BCUT2D eigenvalue weighted by molar-refractivity contribution is 0.633. The van der Waals surface area contributed by atoms with Gasteiger partial charge in [-0.15, -0.1) is 0 Å². The van der Waals surface area contributed by atoms with Crippen LogP contribution >= 0.6 is 15.9 Å². The molecular weight excluding hydrogens is 247 g/mol. The lowest BCUT2D eigenvalue weighted by Crippen LogP contribution is -1.95. The van der Waals surface area contributed by atoms with Gasteiger partial charge in [0, 0.05) is 0 Å². The van der Waals surface area contributed by atoms with Crippen LogP contribution in [-0.2, 0) is 0 Å². The van der Waals surface area contributed by atoms with E-state index in [2.05, 4.69) is 21.0 Å². The van der Waals surface area contributed by atoms with Crippen molar-refractivity contribution in [3.8, 4) is 0 Å². The van der Waals surface area contributed by atoms with Gasteiger partial charge in [-0.3, -0.25) is 4.68 Å². The zero-order valence-corrected chi connectivity index (χ0v) is 8.96. The van der Waals surface area contributed by atoms with Crippen molar-refractivity contribution in [3.63, 3.8) is 0 Å². The van der Waals surface area contributed by atoms with Crippen molar-refractivity contribution in [2.45, 2.75) is 18.9 Å². The summed E-state index contributed by atoms with van der Waals surface area (Å²) in [6.07, 6.45) is 3.93. The Morgan fingerprint density at radius 3 is 2.93 bits per heavy atom. The Balaban J connectivity index is 2.31. The zero-order valence-electron chi connectivity index (χ0n) is 7.37. The molecule has 1 fully saturated rings. The summed E-state index contributed by atoms with van der Waals surface area (Å²) in [4.78, 5) is 0. The smallest absolute Gasteiger partial charge is 0.148 e. The fraction of sp³-hybridized carbons (Fsp3) is 0.300. The third-order valence-electron chi connectivity index (χ3n) is 2.56. The van der Waals surface area contributed by atoms with Crippen LogP contribution in [0.4, 0.5) is 4.39 Å². The Labute approximate surface area is 88.8 Å². The van der Waals surface area contributed by atoms with Crippen LogP contribution < -0.4 is 0 Å². The Kier molecular flexibility index (Phi) is 1.68. The Hall–Kier alpha value is -0.900. The molecule has 14 heavy (non-hydrogen) atoms. The second kappa shape index (κ2) is 2.79. The third kappa shape index (κ3) is 1.10. The van der Waals surface area contributed by atoms with Gasteiger partial charge < -0.3 is 0 Å². The van der Waals surface area contributed by atoms with Gasteiger partial charge in [-0.25, -0.2) is 4.39 Å². The highest BCUT2D eigenvalue weighted by molar-refractivity contribution is 9.10. The topological polar surface area (TPSA) is 17.8 Å². The minimum absolute atomic E-state index is 0.214. The maximum Gasteiger partial charge on any atom is 0.148 e. The molecule has 0 spiro atoms. The fourth-order valence-corrected chi connectivity index (χ4v) is 2.02. The van der Waals surface area contributed by atoms with E-state index < -0.39 is 0 Å². The molecular formula is C10H8BrFN2. The van der Waals surface area contributed by atoms with Crippen LogP contribution in [0.15, 0.2) is 22.8 Å². The molecule has 1 saturated carbocycles. The van der Waals surface area contributed by atoms with Crippen molar-refractivity contribution < 1.29 is 4.39 Å². The van der Waals surface area contributed by atoms with Crippen molar-refractivity contribution in [2.75, 3.05) is 0 Å². The first-order chi connectivity index (χ1) is 6.77. The van der Waals surface area contributed by atoms with Gasteiger partial charge >= 0.3 is 0 Å². The van der Waals surface area contributed by atoms with Crippen LogP contribution in [0, 0.1) is 5.82 Å². The Morgan fingerprint density at radius 1 is 1.43 bits per heavy atom. The standard InChI is InChI=1S/C10H8BrFN2/c11-8-3-4-9-7(10(8)12)5-13-14(9)6-1-2-6/h3-6H,1-2H2. The summed E-state index contributed by atoms with van der Waals surface area (Å²) in [6.45, 7) is 0. The van der Waals surface area contributed by atoms with E-state index in [9.17, 15) is 4.39 Å². The Bertz CT molecular complexity index is 502. The lowest BCUT2D eigenvalue weighted by atomic mass is 10.2. The van der Waals surface area contributed by atoms with E-state index in [0.29, 0.717) is 15.9 Å². The first-order valence-electron chi connectivity index (χ1n) is 4.58. The van der Waals surface area contributed by atoms with Crippen LogP contribution in [0.25, 0.3) is 10.9 Å². The average molecular weight is 255 g/mol. The molecule has 0 N–H and O–H groups in total. The van der Waals surface area contributed by atoms with Crippen molar-refractivity contribution in [1.29, 1.82) is 0 Å². The molecule has 0 atom stereocenters. The van der Waals surface area contributed by atoms with Gasteiger partial charge in [0.2, 0.25) is 0 Å². The first-order valence-corrected chi connectivity index (χ1v) is 5.38. The molecule has 0 radical (unpaired) electrons. The highest BCUT2D eigenvalue weighted by atomic mass is 79.9. The molecule has 1 aliphatic carbocycles. The van der Waals surface area contributed by atoms with Crippen LogP contribution in [-0.4, -0.2) is 9.78 Å². The van der Waals surface area contributed by atoms with Gasteiger partial charge in [0.1, 0.15) is 5.82 Å². The van der Waals surface area contributed by atoms with Crippen LogP contribution in [0.2, 0.25) is 0 Å². The van der Waals surface area contributed by atoms with Crippen molar-refractivity contribution in [2.24, 2.45) is 0 Å². The molecule has 0 unspecified atom stereocenters. The molecule has 0 amide bonds. The van der Waals surface area contributed by atoms with E-state index in [1.54, 1.807) is 12.3 Å². The highest BCUT2D eigenvalue weighted by Gasteiger charge is 2.26. The van der Waals surface area contributed by atoms with Gasteiger partial charge in [-0.1, -0.05) is 0 Å². The van der Waals surface area contributed by atoms with Gasteiger partial charge in [-0.2, -0.15) is 5.10 Å². The van der Waals surface area contributed by atoms with Gasteiger partial charge in [-0.05, 0) is 40.9 Å². The minimum atomic E-state index is -0.214. The molecule has 0 bridgehead atoms. The number of halogens is 2.